The van der Waals surface area contributed by atoms with E-state index in [4.69, 9.17) is 0 Å². The van der Waals surface area contributed by atoms with Crippen LogP contribution in [0.15, 0.2) is 11.4 Å². The third-order valence-electron chi connectivity index (χ3n) is 2.95. The number of thioether (sulfide) groups is 1. The molecule has 1 N–H and O–H groups in total. The third kappa shape index (κ3) is 3.43. The van der Waals surface area contributed by atoms with E-state index in [1.54, 1.807) is 6.07 Å². The molecular weight excluding hydrogens is 256 g/mol. The van der Waals surface area contributed by atoms with Crippen molar-refractivity contribution in [2.75, 3.05) is 12.3 Å². The molecule has 1 saturated heterocycles. The first-order chi connectivity index (χ1) is 8.09. The average molecular weight is 272 g/mol. The number of rotatable bonds is 5. The van der Waals surface area contributed by atoms with Crippen molar-refractivity contribution in [1.29, 1.82) is 0 Å². The molecule has 1 aliphatic heterocycles. The minimum absolute atomic E-state index is 0.225. The normalized spacial score (nSPS) is 24.1. The number of nitro groups is 1. The molecule has 1 aliphatic rings. The molecule has 1 unspecified atom stereocenters. The van der Waals surface area contributed by atoms with Crippen LogP contribution in [0.1, 0.15) is 25.3 Å². The van der Waals surface area contributed by atoms with Crippen molar-refractivity contribution in [3.05, 3.63) is 27.1 Å². The fourth-order valence-corrected chi connectivity index (χ4v) is 4.00. The van der Waals surface area contributed by atoms with Gasteiger partial charge in [0.1, 0.15) is 0 Å². The first-order valence-corrected chi connectivity index (χ1v) is 7.52. The first kappa shape index (κ1) is 12.9. The zero-order valence-corrected chi connectivity index (χ0v) is 11.4. The molecule has 17 heavy (non-hydrogen) atoms. The molecule has 1 aromatic rings. The molecule has 0 aliphatic carbocycles. The Morgan fingerprint density at radius 2 is 2.47 bits per heavy atom. The maximum absolute atomic E-state index is 10.5. The van der Waals surface area contributed by atoms with Gasteiger partial charge in [-0.1, -0.05) is 11.3 Å². The fourth-order valence-electron chi connectivity index (χ4n) is 2.00. The molecule has 94 valence electrons. The van der Waals surface area contributed by atoms with Crippen LogP contribution in [0, 0.1) is 10.1 Å². The monoisotopic (exact) mass is 272 g/mol. The van der Waals surface area contributed by atoms with Crippen LogP contribution in [-0.2, 0) is 6.54 Å². The molecular formula is C11H16N2O2S2. The van der Waals surface area contributed by atoms with Gasteiger partial charge in [-0.05, 0) is 31.1 Å². The molecule has 0 radical (unpaired) electrons. The Bertz CT molecular complexity index is 400. The van der Waals surface area contributed by atoms with E-state index >= 15 is 0 Å². The maximum atomic E-state index is 10.5. The molecule has 0 bridgehead atoms. The van der Waals surface area contributed by atoms with Crippen LogP contribution in [0.3, 0.4) is 0 Å². The van der Waals surface area contributed by atoms with Gasteiger partial charge in [-0.3, -0.25) is 10.1 Å². The highest BCUT2D eigenvalue weighted by Crippen LogP contribution is 2.37. The Balaban J connectivity index is 1.79. The number of hydrogen-bond donors (Lipinski definition) is 1. The van der Waals surface area contributed by atoms with Crippen LogP contribution in [0.2, 0.25) is 0 Å². The van der Waals surface area contributed by atoms with Gasteiger partial charge >= 0.3 is 5.00 Å². The van der Waals surface area contributed by atoms with E-state index in [0.29, 0.717) is 4.75 Å². The molecule has 0 saturated carbocycles. The minimum atomic E-state index is -0.331. The van der Waals surface area contributed by atoms with Crippen LogP contribution in [0.25, 0.3) is 0 Å². The second-order valence-electron chi connectivity index (χ2n) is 4.56. The SMILES string of the molecule is CC1(CNCc2csc([N+](=O)[O-])c2)CCCS1. The Morgan fingerprint density at radius 1 is 1.65 bits per heavy atom. The van der Waals surface area contributed by atoms with Crippen LogP contribution < -0.4 is 5.32 Å². The summed E-state index contributed by atoms with van der Waals surface area (Å²) >= 11 is 3.22. The van der Waals surface area contributed by atoms with E-state index < -0.39 is 0 Å². The molecule has 0 spiro atoms. The summed E-state index contributed by atoms with van der Waals surface area (Å²) < 4.78 is 0.349. The summed E-state index contributed by atoms with van der Waals surface area (Å²) in [6.07, 6.45) is 2.56. The summed E-state index contributed by atoms with van der Waals surface area (Å²) in [5.74, 6) is 1.25. The van der Waals surface area contributed by atoms with E-state index in [0.717, 1.165) is 18.7 Å². The van der Waals surface area contributed by atoms with Crippen molar-refractivity contribution >= 4 is 28.1 Å². The van der Waals surface area contributed by atoms with Crippen molar-refractivity contribution in [2.45, 2.75) is 31.1 Å². The van der Waals surface area contributed by atoms with Crippen molar-refractivity contribution in [3.63, 3.8) is 0 Å². The van der Waals surface area contributed by atoms with Crippen LogP contribution >= 0.6 is 23.1 Å². The van der Waals surface area contributed by atoms with E-state index in [1.165, 1.54) is 29.9 Å². The average Bonchev–Trinajstić information content (AvgIpc) is 2.88. The molecule has 0 aromatic carbocycles. The van der Waals surface area contributed by atoms with Gasteiger partial charge in [-0.25, -0.2) is 0 Å². The lowest BCUT2D eigenvalue weighted by atomic mass is 10.1. The number of nitrogens with one attached hydrogen (secondary N) is 1. The molecule has 4 nitrogen and oxygen atoms in total. The van der Waals surface area contributed by atoms with Gasteiger partial charge in [0, 0.05) is 29.3 Å². The summed E-state index contributed by atoms with van der Waals surface area (Å²) in [7, 11) is 0. The van der Waals surface area contributed by atoms with Crippen LogP contribution in [0.5, 0.6) is 0 Å². The lowest BCUT2D eigenvalue weighted by Crippen LogP contribution is -2.32. The highest BCUT2D eigenvalue weighted by atomic mass is 32.2. The van der Waals surface area contributed by atoms with Gasteiger partial charge in [0.25, 0.3) is 0 Å². The number of nitrogens with zero attached hydrogens (tertiary/aromatic N) is 1. The largest absolute Gasteiger partial charge is 0.324 e. The fraction of sp³-hybridized carbons (Fsp3) is 0.636. The van der Waals surface area contributed by atoms with Gasteiger partial charge in [0.15, 0.2) is 0 Å². The molecule has 0 amide bonds. The highest BCUT2D eigenvalue weighted by Gasteiger charge is 2.28. The zero-order chi connectivity index (χ0) is 12.3. The second kappa shape index (κ2) is 5.37. The summed E-state index contributed by atoms with van der Waals surface area (Å²) in [6.45, 7) is 3.98. The lowest BCUT2D eigenvalue weighted by Gasteiger charge is -2.22. The zero-order valence-electron chi connectivity index (χ0n) is 9.77. The van der Waals surface area contributed by atoms with Gasteiger partial charge in [-0.2, -0.15) is 11.8 Å². The van der Waals surface area contributed by atoms with Crippen LogP contribution in [-0.4, -0.2) is 22.0 Å². The molecule has 1 atom stereocenters. The van der Waals surface area contributed by atoms with Gasteiger partial charge in [-0.15, -0.1) is 0 Å². The number of thiophene rings is 1. The first-order valence-electron chi connectivity index (χ1n) is 5.66. The third-order valence-corrected chi connectivity index (χ3v) is 5.42. The van der Waals surface area contributed by atoms with Gasteiger partial charge in [0.2, 0.25) is 0 Å². The summed E-state index contributed by atoms with van der Waals surface area (Å²) in [5, 5.41) is 16.0. The topological polar surface area (TPSA) is 55.2 Å². The summed E-state index contributed by atoms with van der Waals surface area (Å²) in [6, 6.07) is 1.65. The van der Waals surface area contributed by atoms with Gasteiger partial charge < -0.3 is 5.32 Å². The Hall–Kier alpha value is -0.590. The summed E-state index contributed by atoms with van der Waals surface area (Å²) in [5.41, 5.74) is 1.01. The molecule has 2 rings (SSSR count). The number of hydrogen-bond acceptors (Lipinski definition) is 5. The Kier molecular flexibility index (Phi) is 4.06. The smallest absolute Gasteiger partial charge is 0.311 e. The van der Waals surface area contributed by atoms with Crippen molar-refractivity contribution < 1.29 is 4.92 Å². The van der Waals surface area contributed by atoms with E-state index in [9.17, 15) is 10.1 Å². The quantitative estimate of drug-likeness (QED) is 0.661. The lowest BCUT2D eigenvalue weighted by molar-refractivity contribution is -0.380. The van der Waals surface area contributed by atoms with Crippen molar-refractivity contribution in [3.8, 4) is 0 Å². The van der Waals surface area contributed by atoms with Crippen molar-refractivity contribution in [1.82, 2.24) is 5.32 Å². The molecule has 2 heterocycles. The maximum Gasteiger partial charge on any atom is 0.324 e. The van der Waals surface area contributed by atoms with E-state index in [2.05, 4.69) is 12.2 Å². The van der Waals surface area contributed by atoms with Gasteiger partial charge in [0.05, 0.1) is 4.92 Å². The minimum Gasteiger partial charge on any atom is -0.311 e. The van der Waals surface area contributed by atoms with E-state index in [-0.39, 0.29) is 9.92 Å². The van der Waals surface area contributed by atoms with Crippen molar-refractivity contribution in [2.24, 2.45) is 0 Å². The molecule has 1 aromatic heterocycles. The highest BCUT2D eigenvalue weighted by molar-refractivity contribution is 8.00. The standard InChI is InChI=1S/C11H16N2O2S2/c1-11(3-2-4-17-11)8-12-6-9-5-10(13(14)15)16-7-9/h5,7,12H,2-4,6,8H2,1H3. The second-order valence-corrected chi connectivity index (χ2v) is 7.13. The molecule has 6 heteroatoms. The predicted octanol–water partition coefficient (Wildman–Crippen LogP) is 3.03. The van der Waals surface area contributed by atoms with Crippen LogP contribution in [0.4, 0.5) is 5.00 Å². The van der Waals surface area contributed by atoms with E-state index in [1.807, 2.05) is 17.1 Å². The Morgan fingerprint density at radius 3 is 3.06 bits per heavy atom. The predicted molar refractivity (Wildman–Crippen MR) is 72.8 cm³/mol. The molecule has 1 fully saturated rings. The Labute approximate surface area is 109 Å². The summed E-state index contributed by atoms with van der Waals surface area (Å²) in [4.78, 5) is 10.2.